The highest BCUT2D eigenvalue weighted by molar-refractivity contribution is 6.07. The van der Waals surface area contributed by atoms with Crippen molar-refractivity contribution in [2.45, 2.75) is 38.5 Å². The van der Waals surface area contributed by atoms with Gasteiger partial charge in [0.05, 0.1) is 13.2 Å². The molecule has 5 aromatic rings. The first-order chi connectivity index (χ1) is 20.1. The first-order valence-electron chi connectivity index (χ1n) is 14.4. The lowest BCUT2D eigenvalue weighted by molar-refractivity contribution is 0.0515. The summed E-state index contributed by atoms with van der Waals surface area (Å²) in [6.07, 6.45) is 1.76. The zero-order valence-electron chi connectivity index (χ0n) is 23.2. The van der Waals surface area contributed by atoms with Crippen LogP contribution in [0.4, 0.5) is 0 Å². The molecular weight excluding hydrogens is 510 g/mol. The molecule has 4 aromatic carbocycles. The van der Waals surface area contributed by atoms with Crippen LogP contribution in [0, 0.1) is 0 Å². The number of nitrogens with one attached hydrogen (secondary N) is 1. The van der Waals surface area contributed by atoms with E-state index in [2.05, 4.69) is 89.9 Å². The molecule has 1 N–H and O–H groups in total. The van der Waals surface area contributed by atoms with E-state index < -0.39 is 11.9 Å². The highest BCUT2D eigenvalue weighted by atomic mass is 16.5. The average molecular weight is 542 g/mol. The Morgan fingerprint density at radius 2 is 1.05 bits per heavy atom. The van der Waals surface area contributed by atoms with Crippen molar-refractivity contribution in [3.8, 4) is 0 Å². The van der Waals surface area contributed by atoms with E-state index in [-0.39, 0.29) is 25.0 Å². The van der Waals surface area contributed by atoms with Crippen molar-refractivity contribution in [1.82, 2.24) is 4.98 Å². The van der Waals surface area contributed by atoms with E-state index in [0.717, 1.165) is 35.1 Å². The predicted molar refractivity (Wildman–Crippen MR) is 162 cm³/mol. The number of allylic oxidation sites excluding steroid dienone is 2. The summed E-state index contributed by atoms with van der Waals surface area (Å²) in [5, 5.41) is 4.71. The quantitative estimate of drug-likeness (QED) is 0.220. The Kier molecular flexibility index (Phi) is 6.23. The fourth-order valence-electron chi connectivity index (χ4n) is 6.98. The standard InChI is InChI=1S/C36H31NO4/c1-3-40-35(38)33-31-27-17-18-28(32(31)34(37-33)36(39)41-4-2)30(26-16-14-22-10-6-8-12-24(22)20-26)29(27)25-15-13-21-9-5-7-11-23(21)19-25/h5-16,19-20,27-28,37H,3-4,17-18H2,1-2H3. The minimum absolute atomic E-state index is 0.0727. The number of carbonyl (C=O) groups is 2. The number of aromatic nitrogens is 1. The van der Waals surface area contributed by atoms with Crippen LogP contribution in [0.25, 0.3) is 32.7 Å². The van der Waals surface area contributed by atoms with Gasteiger partial charge < -0.3 is 14.5 Å². The van der Waals surface area contributed by atoms with Crippen molar-refractivity contribution in [3.05, 3.63) is 119 Å². The number of esters is 2. The van der Waals surface area contributed by atoms with Crippen molar-refractivity contribution < 1.29 is 19.1 Å². The van der Waals surface area contributed by atoms with Gasteiger partial charge in [-0.1, -0.05) is 72.8 Å². The molecular formula is C36H31NO4. The van der Waals surface area contributed by atoms with Gasteiger partial charge in [-0.25, -0.2) is 9.59 Å². The first-order valence-corrected chi connectivity index (χ1v) is 14.4. The van der Waals surface area contributed by atoms with Crippen LogP contribution in [-0.4, -0.2) is 30.1 Å². The van der Waals surface area contributed by atoms with Gasteiger partial charge in [-0.2, -0.15) is 0 Å². The van der Waals surface area contributed by atoms with Crippen LogP contribution in [0.3, 0.4) is 0 Å². The summed E-state index contributed by atoms with van der Waals surface area (Å²) in [5.74, 6) is -1.01. The van der Waals surface area contributed by atoms with Gasteiger partial charge in [0.25, 0.3) is 0 Å². The molecule has 8 rings (SSSR count). The second-order valence-electron chi connectivity index (χ2n) is 10.8. The maximum Gasteiger partial charge on any atom is 0.355 e. The van der Waals surface area contributed by atoms with E-state index in [4.69, 9.17) is 9.47 Å². The summed E-state index contributed by atoms with van der Waals surface area (Å²) < 4.78 is 10.9. The summed E-state index contributed by atoms with van der Waals surface area (Å²) in [6.45, 7) is 4.10. The molecule has 5 heteroatoms. The third-order valence-corrected chi connectivity index (χ3v) is 8.59. The van der Waals surface area contributed by atoms with Crippen molar-refractivity contribution in [2.24, 2.45) is 0 Å². The summed E-state index contributed by atoms with van der Waals surface area (Å²) in [4.78, 5) is 29.8. The number of H-pyrrole nitrogens is 1. The molecule has 0 spiro atoms. The minimum atomic E-state index is -0.433. The van der Waals surface area contributed by atoms with Gasteiger partial charge in [-0.15, -0.1) is 0 Å². The number of ether oxygens (including phenoxy) is 2. The molecule has 0 saturated carbocycles. The molecule has 1 heterocycles. The van der Waals surface area contributed by atoms with E-state index in [1.807, 2.05) is 0 Å². The average Bonchev–Trinajstić information content (AvgIpc) is 3.43. The largest absolute Gasteiger partial charge is 0.461 e. The van der Waals surface area contributed by atoms with Crippen LogP contribution in [0.1, 0.15) is 81.8 Å². The Balaban J connectivity index is 1.52. The molecule has 0 fully saturated rings. The van der Waals surface area contributed by atoms with Gasteiger partial charge in [0.1, 0.15) is 11.4 Å². The fourth-order valence-corrected chi connectivity index (χ4v) is 6.98. The number of fused-ring (bicyclic) bond motifs is 3. The normalized spacial score (nSPS) is 17.6. The highest BCUT2D eigenvalue weighted by Crippen LogP contribution is 2.60. The lowest BCUT2D eigenvalue weighted by Gasteiger charge is -2.42. The van der Waals surface area contributed by atoms with Gasteiger partial charge in [0, 0.05) is 11.8 Å². The molecule has 0 radical (unpaired) electrons. The fraction of sp³-hybridized carbons (Fsp3) is 0.222. The van der Waals surface area contributed by atoms with Gasteiger partial charge >= 0.3 is 11.9 Å². The Labute approximate surface area is 238 Å². The molecule has 41 heavy (non-hydrogen) atoms. The molecule has 0 amide bonds. The second-order valence-corrected chi connectivity index (χ2v) is 10.8. The summed E-state index contributed by atoms with van der Waals surface area (Å²) in [7, 11) is 0. The van der Waals surface area contributed by atoms with E-state index in [9.17, 15) is 9.59 Å². The Hall–Kier alpha value is -4.64. The second kappa shape index (κ2) is 10.1. The van der Waals surface area contributed by atoms with Crippen LogP contribution in [0.15, 0.2) is 84.9 Å². The number of carbonyl (C=O) groups excluding carboxylic acids is 2. The predicted octanol–water partition coefficient (Wildman–Crippen LogP) is 8.26. The van der Waals surface area contributed by atoms with Crippen LogP contribution in [-0.2, 0) is 9.47 Å². The molecule has 2 unspecified atom stereocenters. The molecule has 3 aliphatic rings. The number of aromatic amines is 1. The molecule has 204 valence electrons. The van der Waals surface area contributed by atoms with E-state index in [1.54, 1.807) is 13.8 Å². The maximum atomic E-state index is 13.3. The van der Waals surface area contributed by atoms with Crippen molar-refractivity contribution in [3.63, 3.8) is 0 Å². The maximum absolute atomic E-state index is 13.3. The van der Waals surface area contributed by atoms with E-state index in [0.29, 0.717) is 11.4 Å². The van der Waals surface area contributed by atoms with Crippen molar-refractivity contribution in [2.75, 3.05) is 13.2 Å². The van der Waals surface area contributed by atoms with Crippen LogP contribution < -0.4 is 0 Å². The molecule has 2 atom stereocenters. The van der Waals surface area contributed by atoms with Crippen molar-refractivity contribution in [1.29, 1.82) is 0 Å². The zero-order valence-corrected chi connectivity index (χ0v) is 23.2. The summed E-state index contributed by atoms with van der Waals surface area (Å²) in [6, 6.07) is 30.0. The molecule has 0 saturated heterocycles. The van der Waals surface area contributed by atoms with E-state index in [1.165, 1.54) is 32.7 Å². The topological polar surface area (TPSA) is 68.4 Å². The monoisotopic (exact) mass is 541 g/mol. The van der Waals surface area contributed by atoms with Gasteiger partial charge in [0.15, 0.2) is 0 Å². The molecule has 2 bridgehead atoms. The van der Waals surface area contributed by atoms with Crippen LogP contribution in [0.2, 0.25) is 0 Å². The lowest BCUT2D eigenvalue weighted by atomic mass is 9.61. The highest BCUT2D eigenvalue weighted by Gasteiger charge is 2.46. The third kappa shape index (κ3) is 4.07. The van der Waals surface area contributed by atoms with Crippen LogP contribution in [0.5, 0.6) is 0 Å². The van der Waals surface area contributed by atoms with Crippen LogP contribution >= 0.6 is 0 Å². The third-order valence-electron chi connectivity index (χ3n) is 8.59. The van der Waals surface area contributed by atoms with Crippen molar-refractivity contribution >= 4 is 44.6 Å². The van der Waals surface area contributed by atoms with Gasteiger partial charge in [-0.05, 0) is 93.8 Å². The summed E-state index contributed by atoms with van der Waals surface area (Å²) >= 11 is 0. The Bertz CT molecular complexity index is 1740. The molecule has 3 aliphatic carbocycles. The van der Waals surface area contributed by atoms with Gasteiger partial charge in [0.2, 0.25) is 0 Å². The minimum Gasteiger partial charge on any atom is -0.461 e. The number of benzene rings is 4. The smallest absolute Gasteiger partial charge is 0.355 e. The Morgan fingerprint density at radius 1 is 0.634 bits per heavy atom. The molecule has 5 nitrogen and oxygen atoms in total. The zero-order chi connectivity index (χ0) is 28.1. The van der Waals surface area contributed by atoms with Gasteiger partial charge in [-0.3, -0.25) is 0 Å². The molecule has 0 aliphatic heterocycles. The number of hydrogen-bond acceptors (Lipinski definition) is 4. The summed E-state index contributed by atoms with van der Waals surface area (Å²) in [5.41, 5.74) is 7.23. The SMILES string of the molecule is CCOC(=O)c1[nH]c(C(=O)OCC)c2c1C1CCC2C(c2ccc3ccccc3c2)=C1c1ccc2ccccc2c1. The Morgan fingerprint density at radius 3 is 1.46 bits per heavy atom. The molecule has 1 aromatic heterocycles. The lowest BCUT2D eigenvalue weighted by Crippen LogP contribution is -2.26. The van der Waals surface area contributed by atoms with E-state index >= 15 is 0 Å². The number of rotatable bonds is 6. The number of hydrogen-bond donors (Lipinski definition) is 1. The first kappa shape index (κ1) is 25.3.